The second kappa shape index (κ2) is 40.8. The molecule has 3 fully saturated rings. The van der Waals surface area contributed by atoms with Gasteiger partial charge in [0, 0.05) is 61.1 Å². The highest BCUT2D eigenvalue weighted by molar-refractivity contribution is 8.00. The summed E-state index contributed by atoms with van der Waals surface area (Å²) in [5, 5.41) is 1.04. The van der Waals surface area contributed by atoms with Crippen molar-refractivity contribution in [1.29, 1.82) is 0 Å². The molecule has 3 aliphatic rings. The molecule has 3 aliphatic heterocycles. The lowest BCUT2D eigenvalue weighted by Crippen LogP contribution is -2.76. The number of carbonyl (C=O) groups is 7. The summed E-state index contributed by atoms with van der Waals surface area (Å²) in [5.41, 5.74) is 3.81. The topological polar surface area (TPSA) is 288 Å². The Balaban J connectivity index is 1.31. The second-order valence-electron chi connectivity index (χ2n) is 27.2. The molecule has 0 aliphatic carbocycles. The molecule has 1 amide bonds. The highest BCUT2D eigenvalue weighted by Crippen LogP contribution is 2.48. The molecule has 3 heterocycles. The third-order valence-corrected chi connectivity index (χ3v) is 20.5. The fraction of sp³-hybridized carbons (Fsp3) is 0.463. The monoisotopic (exact) mass is 1520 g/mol. The second-order valence-corrected chi connectivity index (χ2v) is 34.1. The van der Waals surface area contributed by atoms with Gasteiger partial charge in [0.25, 0.3) is 5.79 Å². The zero-order chi connectivity index (χ0) is 76.5. The average Bonchev–Trinajstić information content (AvgIpc) is 0.718. The first kappa shape index (κ1) is 82.8. The number of methoxy groups -OCH3 is 1. The molecule has 27 heteroatoms. The van der Waals surface area contributed by atoms with Crippen LogP contribution in [0, 0.1) is 0 Å². The van der Waals surface area contributed by atoms with Gasteiger partial charge in [-0.3, -0.25) is 28.8 Å². The minimum absolute atomic E-state index is 0.00256. The largest absolute Gasteiger partial charge is 0.465 e. The Morgan fingerprint density at radius 2 is 0.925 bits per heavy atom. The van der Waals surface area contributed by atoms with Crippen LogP contribution in [0.25, 0.3) is 0 Å². The van der Waals surface area contributed by atoms with Crippen molar-refractivity contribution in [2.24, 2.45) is 0 Å². The fourth-order valence-electron chi connectivity index (χ4n) is 12.6. The van der Waals surface area contributed by atoms with Crippen molar-refractivity contribution >= 4 is 61.6 Å². The lowest BCUT2D eigenvalue weighted by molar-refractivity contribution is -0.394. The Morgan fingerprint density at radius 1 is 0.486 bits per heavy atom. The number of rotatable bonds is 37. The lowest BCUT2D eigenvalue weighted by atomic mass is 9.87. The SMILES string of the molecule is COC(=O)[C@]1(O[C@H]2[C@@H](OC(C)=O)[C@@H](COCc3ccccc3)O[C@@H](O[C@H]3[C@H](OCc4ccccc4)[C@@H](OCc4ccccc4)[C@H](OCC[Si](C)(C)C)O[C@@H]3COCc3ccccc3)[C@@H]2OCc2ccccc2)O[C@@H]([C@H](OC(C)=O)[C@@H](COC(C)=O)OC(C)=O)[C@H](NC(C)=O)[C@@H](OC(C)=O)[C@@H]1Sc1ccccc1. The van der Waals surface area contributed by atoms with Crippen molar-refractivity contribution in [1.82, 2.24) is 5.32 Å². The molecule has 1 N–H and O–H groups in total. The van der Waals surface area contributed by atoms with Crippen molar-refractivity contribution in [2.75, 3.05) is 33.5 Å². The zero-order valence-corrected chi connectivity index (χ0v) is 63.7. The first-order valence-electron chi connectivity index (χ1n) is 35.5. The summed E-state index contributed by atoms with van der Waals surface area (Å²) < 4.78 is 115. The first-order valence-corrected chi connectivity index (χ1v) is 40.1. The van der Waals surface area contributed by atoms with Gasteiger partial charge in [0.15, 0.2) is 30.9 Å². The van der Waals surface area contributed by atoms with E-state index < -0.39 is 166 Å². The predicted octanol–water partition coefficient (Wildman–Crippen LogP) is 9.97. The quantitative estimate of drug-likeness (QED) is 0.0215. The van der Waals surface area contributed by atoms with Crippen LogP contribution in [0.5, 0.6) is 0 Å². The van der Waals surface area contributed by atoms with Crippen LogP contribution in [-0.2, 0) is 147 Å². The van der Waals surface area contributed by atoms with Crippen LogP contribution in [0.4, 0.5) is 0 Å². The third-order valence-electron chi connectivity index (χ3n) is 17.5. The molecule has 9 rings (SSSR count). The number of nitrogens with one attached hydrogen (secondary N) is 1. The Kier molecular flexibility index (Phi) is 31.6. The van der Waals surface area contributed by atoms with Crippen LogP contribution < -0.4 is 5.32 Å². The van der Waals surface area contributed by atoms with E-state index in [-0.39, 0.29) is 39.6 Å². The molecule has 17 atom stereocenters. The Bertz CT molecular complexity index is 3760. The number of hydrogen-bond donors (Lipinski definition) is 1. The fourth-order valence-corrected chi connectivity index (χ4v) is 14.7. The van der Waals surface area contributed by atoms with Gasteiger partial charge in [0.1, 0.15) is 66.8 Å². The minimum Gasteiger partial charge on any atom is -0.465 e. The van der Waals surface area contributed by atoms with Gasteiger partial charge in [0.05, 0.1) is 59.4 Å². The standard InChI is InChI=1S/C80H97NO24SSi/c1-51(82)81-66-70(67(98-54(4)85)65(97-53(3)84)50-93-52(2)83)104-80(79(88)89-7,76(71(66)100-56(6)87)106-62-39-27-16-28-40-62)105-73-69(99-55(5)86)64(49-91-44-58-31-19-12-20-32-58)102-78(75(73)96-47-61-37-25-15-26-38-61)103-68-63(48-90-43-57-29-17-11-18-30-57)101-77(92-41-42-107(8,9)10)74(95-46-60-35-23-14-24-36-60)72(68)94-45-59-33-21-13-22-34-59/h11-40,63-78H,41-50H2,1-10H3,(H,81,82)/t63-,64-,65-,66+,67-,68-,69+,70-,71-,72+,73+,74-,75-,76+,77-,78+,80+/m1/s1. The molecule has 3 saturated heterocycles. The molecule has 6 aromatic carbocycles. The third kappa shape index (κ3) is 24.6. The summed E-state index contributed by atoms with van der Waals surface area (Å²) in [5.74, 6) is -9.91. The minimum atomic E-state index is -3.11. The highest BCUT2D eigenvalue weighted by Gasteiger charge is 2.68. The predicted molar refractivity (Wildman–Crippen MR) is 391 cm³/mol. The van der Waals surface area contributed by atoms with Crippen molar-refractivity contribution in [2.45, 2.75) is 208 Å². The molecule has 0 saturated carbocycles. The highest BCUT2D eigenvalue weighted by atomic mass is 32.2. The number of amides is 1. The number of thioether (sulfide) groups is 1. The van der Waals surface area contributed by atoms with Gasteiger partial charge in [0.2, 0.25) is 5.91 Å². The van der Waals surface area contributed by atoms with Gasteiger partial charge < -0.3 is 85.8 Å². The summed E-state index contributed by atoms with van der Waals surface area (Å²) in [6, 6.07) is 54.4. The van der Waals surface area contributed by atoms with E-state index in [0.717, 1.165) is 88.7 Å². The maximum Gasteiger partial charge on any atom is 0.368 e. The summed E-state index contributed by atoms with van der Waals surface area (Å²) in [4.78, 5) is 98.5. The van der Waals surface area contributed by atoms with Crippen molar-refractivity contribution in [3.8, 4) is 0 Å². The molecular weight excluding hydrogens is 1420 g/mol. The van der Waals surface area contributed by atoms with E-state index in [1.165, 1.54) is 0 Å². The summed E-state index contributed by atoms with van der Waals surface area (Å²) >= 11 is 0.886. The van der Waals surface area contributed by atoms with E-state index in [2.05, 4.69) is 25.0 Å². The van der Waals surface area contributed by atoms with Gasteiger partial charge >= 0.3 is 35.8 Å². The molecule has 0 bridgehead atoms. The molecule has 0 radical (unpaired) electrons. The molecule has 107 heavy (non-hydrogen) atoms. The number of esters is 6. The van der Waals surface area contributed by atoms with Crippen LogP contribution in [0.3, 0.4) is 0 Å². The number of hydrogen-bond acceptors (Lipinski definition) is 25. The number of carbonyl (C=O) groups excluding carboxylic acids is 7. The van der Waals surface area contributed by atoms with Crippen molar-refractivity contribution < 1.29 is 114 Å². The Labute approximate surface area is 629 Å². The van der Waals surface area contributed by atoms with Crippen molar-refractivity contribution in [3.63, 3.8) is 0 Å². The normalized spacial score (nSPS) is 25.6. The molecule has 6 aromatic rings. The van der Waals surface area contributed by atoms with E-state index in [4.69, 9.17) is 80.5 Å². The van der Waals surface area contributed by atoms with E-state index in [0.29, 0.717) is 17.1 Å². The average molecular weight is 1520 g/mol. The van der Waals surface area contributed by atoms with Gasteiger partial charge in [-0.05, 0) is 46.0 Å². The van der Waals surface area contributed by atoms with E-state index in [1.54, 1.807) is 54.6 Å². The summed E-state index contributed by atoms with van der Waals surface area (Å²) in [6.45, 7) is 12.1. The molecule has 0 aromatic heterocycles. The van der Waals surface area contributed by atoms with E-state index >= 15 is 4.79 Å². The van der Waals surface area contributed by atoms with E-state index in [1.807, 2.05) is 127 Å². The molecular formula is C80H97NO24SSi. The first-order chi connectivity index (χ1) is 51.5. The van der Waals surface area contributed by atoms with Crippen LogP contribution in [0.15, 0.2) is 187 Å². The van der Waals surface area contributed by atoms with Gasteiger partial charge in [-0.1, -0.05) is 189 Å². The van der Waals surface area contributed by atoms with Crippen LogP contribution >= 0.6 is 11.8 Å². The Morgan fingerprint density at radius 3 is 1.37 bits per heavy atom. The molecule has 0 unspecified atom stereocenters. The summed E-state index contributed by atoms with van der Waals surface area (Å²) in [6.07, 6.45) is -22.1. The maximum absolute atomic E-state index is 16.3. The Hall–Kier alpha value is -8.26. The maximum atomic E-state index is 16.3. The smallest absolute Gasteiger partial charge is 0.368 e. The number of benzene rings is 6. The van der Waals surface area contributed by atoms with Gasteiger partial charge in [-0.2, -0.15) is 0 Å². The van der Waals surface area contributed by atoms with E-state index in [9.17, 15) is 28.8 Å². The molecule has 25 nitrogen and oxygen atoms in total. The van der Waals surface area contributed by atoms with Crippen LogP contribution in [0.1, 0.15) is 69.4 Å². The van der Waals surface area contributed by atoms with Crippen LogP contribution in [-0.4, -0.2) is 186 Å². The molecule has 0 spiro atoms. The lowest BCUT2D eigenvalue weighted by Gasteiger charge is -2.55. The van der Waals surface area contributed by atoms with Crippen molar-refractivity contribution in [3.05, 3.63) is 210 Å². The molecule has 576 valence electrons. The van der Waals surface area contributed by atoms with Crippen LogP contribution in [0.2, 0.25) is 25.7 Å². The number of ether oxygens (including phenoxy) is 17. The van der Waals surface area contributed by atoms with Gasteiger partial charge in [-0.25, -0.2) is 4.79 Å². The van der Waals surface area contributed by atoms with Gasteiger partial charge in [-0.15, -0.1) is 11.8 Å². The zero-order valence-electron chi connectivity index (χ0n) is 61.8. The summed E-state index contributed by atoms with van der Waals surface area (Å²) in [7, 11) is -0.727.